The molecular formula is C18H28O5. The van der Waals surface area contributed by atoms with Gasteiger partial charge in [0.25, 0.3) is 0 Å². The quantitative estimate of drug-likeness (QED) is 0.198. The fraction of sp³-hybridized carbons (Fsp3) is 0.778. The van der Waals surface area contributed by atoms with E-state index in [0.717, 1.165) is 32.1 Å². The molecular weight excluding hydrogens is 296 g/mol. The van der Waals surface area contributed by atoms with E-state index >= 15 is 0 Å². The van der Waals surface area contributed by atoms with Crippen molar-refractivity contribution in [2.45, 2.75) is 72.3 Å². The van der Waals surface area contributed by atoms with Crippen molar-refractivity contribution in [1.82, 2.24) is 0 Å². The Morgan fingerprint density at radius 2 is 1.70 bits per heavy atom. The predicted molar refractivity (Wildman–Crippen MR) is 86.0 cm³/mol. The maximum atomic E-state index is 11.7. The SMILES string of the molecule is CCC#CCCOOC(=O)C(=O)OC1CCC(C(C)(C)C)CC1. The first-order valence-corrected chi connectivity index (χ1v) is 8.34. The topological polar surface area (TPSA) is 61.8 Å². The number of hydrogen-bond donors (Lipinski definition) is 0. The molecule has 130 valence electrons. The first-order valence-electron chi connectivity index (χ1n) is 8.34. The van der Waals surface area contributed by atoms with Crippen LogP contribution in [0.15, 0.2) is 0 Å². The highest BCUT2D eigenvalue weighted by atomic mass is 17.2. The summed E-state index contributed by atoms with van der Waals surface area (Å²) in [6.07, 6.45) is 4.59. The third kappa shape index (κ3) is 7.51. The number of carbonyl (C=O) groups is 2. The van der Waals surface area contributed by atoms with Crippen LogP contribution in [0, 0.1) is 23.2 Å². The summed E-state index contributed by atoms with van der Waals surface area (Å²) in [4.78, 5) is 32.2. The molecule has 0 N–H and O–H groups in total. The van der Waals surface area contributed by atoms with Crippen molar-refractivity contribution in [2.75, 3.05) is 6.61 Å². The molecule has 0 amide bonds. The monoisotopic (exact) mass is 324 g/mol. The second kappa shape index (κ2) is 9.57. The Labute approximate surface area is 139 Å². The number of rotatable bonds is 4. The van der Waals surface area contributed by atoms with Crippen molar-refractivity contribution in [3.8, 4) is 11.8 Å². The second-order valence-electron chi connectivity index (χ2n) is 6.89. The molecule has 1 saturated carbocycles. The lowest BCUT2D eigenvalue weighted by Crippen LogP contribution is -2.32. The Morgan fingerprint density at radius 3 is 2.26 bits per heavy atom. The van der Waals surface area contributed by atoms with Gasteiger partial charge in [0.05, 0.1) is 0 Å². The van der Waals surface area contributed by atoms with Crippen LogP contribution in [0.5, 0.6) is 0 Å². The van der Waals surface area contributed by atoms with Crippen molar-refractivity contribution in [3.63, 3.8) is 0 Å². The summed E-state index contributed by atoms with van der Waals surface area (Å²) in [5.74, 6) is 4.24. The summed E-state index contributed by atoms with van der Waals surface area (Å²) >= 11 is 0. The highest BCUT2D eigenvalue weighted by Gasteiger charge is 2.32. The van der Waals surface area contributed by atoms with E-state index in [0.29, 0.717) is 12.3 Å². The molecule has 0 saturated heterocycles. The summed E-state index contributed by atoms with van der Waals surface area (Å²) in [5.41, 5.74) is 0.266. The van der Waals surface area contributed by atoms with E-state index in [4.69, 9.17) is 4.74 Å². The Morgan fingerprint density at radius 1 is 1.04 bits per heavy atom. The lowest BCUT2D eigenvalue weighted by atomic mass is 9.72. The van der Waals surface area contributed by atoms with E-state index in [2.05, 4.69) is 42.4 Å². The van der Waals surface area contributed by atoms with E-state index in [-0.39, 0.29) is 18.1 Å². The second-order valence-corrected chi connectivity index (χ2v) is 6.89. The van der Waals surface area contributed by atoms with Gasteiger partial charge in [0.2, 0.25) is 0 Å². The summed E-state index contributed by atoms with van der Waals surface area (Å²) in [6, 6.07) is 0. The molecule has 0 bridgehead atoms. The highest BCUT2D eigenvalue weighted by molar-refractivity contribution is 6.29. The van der Waals surface area contributed by atoms with Gasteiger partial charge in [-0.3, -0.25) is 4.89 Å². The minimum atomic E-state index is -1.11. The normalized spacial score (nSPS) is 21.0. The number of hydrogen-bond acceptors (Lipinski definition) is 5. The Hall–Kier alpha value is -1.54. The lowest BCUT2D eigenvalue weighted by molar-refractivity contribution is -0.271. The van der Waals surface area contributed by atoms with E-state index in [1.54, 1.807) is 0 Å². The van der Waals surface area contributed by atoms with Crippen LogP contribution in [0.25, 0.3) is 0 Å². The summed E-state index contributed by atoms with van der Waals surface area (Å²) in [7, 11) is 0. The van der Waals surface area contributed by atoms with Crippen LogP contribution in [-0.4, -0.2) is 24.6 Å². The van der Waals surface area contributed by atoms with Gasteiger partial charge in [-0.15, -0.1) is 11.8 Å². The molecule has 5 nitrogen and oxygen atoms in total. The summed E-state index contributed by atoms with van der Waals surface area (Å²) < 4.78 is 5.19. The van der Waals surface area contributed by atoms with Crippen molar-refractivity contribution in [3.05, 3.63) is 0 Å². The van der Waals surface area contributed by atoms with Crippen LogP contribution < -0.4 is 0 Å². The van der Waals surface area contributed by atoms with Gasteiger partial charge in [0, 0.05) is 12.8 Å². The highest BCUT2D eigenvalue weighted by Crippen LogP contribution is 2.38. The largest absolute Gasteiger partial charge is 0.454 e. The molecule has 1 aliphatic rings. The molecule has 23 heavy (non-hydrogen) atoms. The maximum absolute atomic E-state index is 11.7. The molecule has 0 unspecified atom stereocenters. The van der Waals surface area contributed by atoms with Gasteiger partial charge in [0.15, 0.2) is 0 Å². The molecule has 0 heterocycles. The molecule has 1 aliphatic carbocycles. The van der Waals surface area contributed by atoms with Gasteiger partial charge >= 0.3 is 11.9 Å². The van der Waals surface area contributed by atoms with Crippen LogP contribution in [0.4, 0.5) is 0 Å². The minimum Gasteiger partial charge on any atom is -0.454 e. The van der Waals surface area contributed by atoms with Crippen LogP contribution in [0.1, 0.15) is 66.2 Å². The van der Waals surface area contributed by atoms with Crippen molar-refractivity contribution in [2.24, 2.45) is 11.3 Å². The average Bonchev–Trinajstić information content (AvgIpc) is 2.50. The number of carbonyl (C=O) groups excluding carboxylic acids is 2. The van der Waals surface area contributed by atoms with Crippen molar-refractivity contribution >= 4 is 11.9 Å². The molecule has 0 aromatic carbocycles. The minimum absolute atomic E-state index is 0.142. The predicted octanol–water partition coefficient (Wildman–Crippen LogP) is 3.41. The molecule has 5 heteroatoms. The average molecular weight is 324 g/mol. The van der Waals surface area contributed by atoms with Gasteiger partial charge < -0.3 is 4.74 Å². The zero-order valence-corrected chi connectivity index (χ0v) is 14.6. The van der Waals surface area contributed by atoms with Gasteiger partial charge in [0.1, 0.15) is 12.7 Å². The van der Waals surface area contributed by atoms with Crippen LogP contribution >= 0.6 is 0 Å². The molecule has 0 atom stereocenters. The first-order chi connectivity index (χ1) is 10.8. The number of ether oxygens (including phenoxy) is 1. The Bertz CT molecular complexity index is 444. The van der Waals surface area contributed by atoms with E-state index in [1.165, 1.54) is 0 Å². The molecule has 0 aliphatic heterocycles. The number of esters is 1. The van der Waals surface area contributed by atoms with Gasteiger partial charge in [-0.2, -0.15) is 4.89 Å². The fourth-order valence-corrected chi connectivity index (χ4v) is 2.68. The third-order valence-electron chi connectivity index (χ3n) is 4.09. The van der Waals surface area contributed by atoms with Crippen molar-refractivity contribution < 1.29 is 24.1 Å². The fourth-order valence-electron chi connectivity index (χ4n) is 2.68. The lowest BCUT2D eigenvalue weighted by Gasteiger charge is -2.36. The van der Waals surface area contributed by atoms with E-state index in [9.17, 15) is 9.59 Å². The zero-order valence-electron chi connectivity index (χ0n) is 14.6. The summed E-state index contributed by atoms with van der Waals surface area (Å²) in [6.45, 7) is 8.76. The first kappa shape index (κ1) is 19.5. The van der Waals surface area contributed by atoms with Gasteiger partial charge in [-0.25, -0.2) is 9.59 Å². The molecule has 0 radical (unpaired) electrons. The molecule has 0 aromatic heterocycles. The maximum Gasteiger partial charge on any atom is 0.449 e. The van der Waals surface area contributed by atoms with Crippen molar-refractivity contribution in [1.29, 1.82) is 0 Å². The van der Waals surface area contributed by atoms with Crippen LogP contribution in [0.2, 0.25) is 0 Å². The molecule has 0 spiro atoms. The third-order valence-corrected chi connectivity index (χ3v) is 4.09. The molecule has 0 aromatic rings. The smallest absolute Gasteiger partial charge is 0.449 e. The van der Waals surface area contributed by atoms with Crippen LogP contribution in [0.3, 0.4) is 0 Å². The Kier molecular flexibility index (Phi) is 8.11. The van der Waals surface area contributed by atoms with E-state index in [1.807, 2.05) is 6.92 Å². The van der Waals surface area contributed by atoms with Gasteiger partial charge in [-0.05, 0) is 37.0 Å². The zero-order chi connectivity index (χ0) is 17.3. The van der Waals surface area contributed by atoms with E-state index < -0.39 is 11.9 Å². The Balaban J connectivity index is 2.22. The molecule has 1 fully saturated rings. The standard InChI is InChI=1S/C18H28O5/c1-5-6-7-8-13-21-23-17(20)16(19)22-15-11-9-14(10-12-15)18(2,3)4/h14-15H,5,8-13H2,1-4H3. The van der Waals surface area contributed by atoms with Gasteiger partial charge in [-0.1, -0.05) is 27.7 Å². The van der Waals surface area contributed by atoms with Crippen LogP contribution in [-0.2, 0) is 24.1 Å². The summed E-state index contributed by atoms with van der Waals surface area (Å²) in [5, 5.41) is 0. The molecule has 1 rings (SSSR count).